The highest BCUT2D eigenvalue weighted by molar-refractivity contribution is 5.95. The van der Waals surface area contributed by atoms with Gasteiger partial charge in [-0.25, -0.2) is 0 Å². The van der Waals surface area contributed by atoms with Gasteiger partial charge in [0.15, 0.2) is 0 Å². The number of carbonyl (C=O) groups is 2. The topological polar surface area (TPSA) is 124 Å². The molecule has 1 fully saturated rings. The number of aromatic nitrogens is 4. The maximum absolute atomic E-state index is 13.0. The summed E-state index contributed by atoms with van der Waals surface area (Å²) in [6, 6.07) is 9.19. The Kier molecular flexibility index (Phi) is 6.83. The molecule has 3 atom stereocenters. The normalized spacial score (nSPS) is 20.0. The van der Waals surface area contributed by atoms with Crippen LogP contribution in [0.4, 0.5) is 0 Å². The second-order valence-electron chi connectivity index (χ2n) is 8.26. The van der Waals surface area contributed by atoms with E-state index in [0.29, 0.717) is 49.0 Å². The summed E-state index contributed by atoms with van der Waals surface area (Å²) in [7, 11) is 3.36. The van der Waals surface area contributed by atoms with Crippen molar-refractivity contribution in [1.82, 2.24) is 30.6 Å². The molecule has 0 saturated heterocycles. The number of benzene rings is 1. The Morgan fingerprint density at radius 1 is 1.24 bits per heavy atom. The van der Waals surface area contributed by atoms with Crippen molar-refractivity contribution in [2.75, 3.05) is 20.3 Å². The lowest BCUT2D eigenvalue weighted by Crippen LogP contribution is -2.37. The zero-order valence-corrected chi connectivity index (χ0v) is 18.9. The largest absolute Gasteiger partial charge is 0.383 e. The van der Waals surface area contributed by atoms with E-state index in [-0.39, 0.29) is 29.7 Å². The van der Waals surface area contributed by atoms with Crippen molar-refractivity contribution in [3.8, 4) is 11.4 Å². The van der Waals surface area contributed by atoms with Gasteiger partial charge in [-0.05, 0) is 19.8 Å². The zero-order valence-electron chi connectivity index (χ0n) is 18.9. The Morgan fingerprint density at radius 3 is 2.73 bits per heavy atom. The zero-order chi connectivity index (χ0) is 23.4. The molecule has 0 bridgehead atoms. The van der Waals surface area contributed by atoms with Gasteiger partial charge in [-0.15, -0.1) is 0 Å². The minimum absolute atomic E-state index is 0.0749. The summed E-state index contributed by atoms with van der Waals surface area (Å²) in [6.45, 7) is 2.66. The third kappa shape index (κ3) is 5.11. The molecule has 2 N–H and O–H groups in total. The molecule has 174 valence electrons. The van der Waals surface area contributed by atoms with Gasteiger partial charge in [-0.3, -0.25) is 14.3 Å². The first-order valence-corrected chi connectivity index (χ1v) is 10.9. The Bertz CT molecular complexity index is 1110. The molecule has 2 aromatic heterocycles. The number of hydrogen-bond acceptors (Lipinski definition) is 7. The molecule has 33 heavy (non-hydrogen) atoms. The van der Waals surface area contributed by atoms with Crippen molar-refractivity contribution >= 4 is 11.8 Å². The van der Waals surface area contributed by atoms with E-state index < -0.39 is 0 Å². The monoisotopic (exact) mass is 452 g/mol. The lowest BCUT2D eigenvalue weighted by molar-refractivity contribution is -0.125. The number of aryl methyl sites for hydroxylation is 2. The molecular formula is C23H28N6O4. The van der Waals surface area contributed by atoms with Crippen LogP contribution in [0.15, 0.2) is 41.1 Å². The molecular weight excluding hydrogens is 424 g/mol. The lowest BCUT2D eigenvalue weighted by Gasteiger charge is -2.17. The minimum Gasteiger partial charge on any atom is -0.383 e. The summed E-state index contributed by atoms with van der Waals surface area (Å²) < 4.78 is 12.2. The molecule has 2 amide bonds. The number of methoxy groups -OCH3 is 1. The molecule has 0 aliphatic heterocycles. The number of carbonyl (C=O) groups excluding carboxylic acids is 2. The molecule has 0 radical (unpaired) electrons. The van der Waals surface area contributed by atoms with Crippen molar-refractivity contribution in [3.05, 3.63) is 53.7 Å². The maximum atomic E-state index is 13.0. The number of amides is 2. The first-order chi connectivity index (χ1) is 16.0. The fraction of sp³-hybridized carbons (Fsp3) is 0.435. The minimum atomic E-state index is -0.334. The van der Waals surface area contributed by atoms with Crippen molar-refractivity contribution in [2.45, 2.75) is 31.7 Å². The maximum Gasteiger partial charge on any atom is 0.254 e. The van der Waals surface area contributed by atoms with Gasteiger partial charge >= 0.3 is 0 Å². The van der Waals surface area contributed by atoms with E-state index in [1.54, 1.807) is 32.0 Å². The van der Waals surface area contributed by atoms with E-state index in [1.165, 1.54) is 0 Å². The summed E-state index contributed by atoms with van der Waals surface area (Å²) in [5.41, 5.74) is 1.98. The van der Waals surface area contributed by atoms with Crippen LogP contribution in [0, 0.1) is 12.8 Å². The molecule has 2 heterocycles. The molecule has 10 heteroatoms. The Balaban J connectivity index is 1.55. The van der Waals surface area contributed by atoms with Crippen LogP contribution >= 0.6 is 0 Å². The summed E-state index contributed by atoms with van der Waals surface area (Å²) in [5.74, 6) is 0.00214. The standard InChI is InChI=1S/C23H28N6O4/c1-14-18(13-29(2)27-14)22(31)25-19-12-16(21(30)24-9-10-32-3)11-17(19)23-26-20(28-33-23)15-7-5-4-6-8-15/h4-8,13,16-17,19H,9-12H2,1-3H3,(H,24,30)(H,25,31)/t16-,17-,19+/m1/s1. The fourth-order valence-corrected chi connectivity index (χ4v) is 4.26. The van der Waals surface area contributed by atoms with Crippen LogP contribution in [0.25, 0.3) is 11.4 Å². The summed E-state index contributed by atoms with van der Waals surface area (Å²) in [5, 5.41) is 14.3. The predicted molar refractivity (Wildman–Crippen MR) is 119 cm³/mol. The van der Waals surface area contributed by atoms with Crippen molar-refractivity contribution < 1.29 is 18.8 Å². The van der Waals surface area contributed by atoms with Crippen molar-refractivity contribution in [3.63, 3.8) is 0 Å². The summed E-state index contributed by atoms with van der Waals surface area (Å²) >= 11 is 0. The highest BCUT2D eigenvalue weighted by Crippen LogP contribution is 2.39. The lowest BCUT2D eigenvalue weighted by atomic mass is 10.0. The van der Waals surface area contributed by atoms with Crippen LogP contribution in [0.5, 0.6) is 0 Å². The number of nitrogens with one attached hydrogen (secondary N) is 2. The van der Waals surface area contributed by atoms with Crippen LogP contribution in [0.1, 0.15) is 40.7 Å². The number of rotatable bonds is 8. The smallest absolute Gasteiger partial charge is 0.254 e. The molecule has 1 aromatic carbocycles. The van der Waals surface area contributed by atoms with Crippen LogP contribution in [-0.4, -0.2) is 58.0 Å². The van der Waals surface area contributed by atoms with Gasteiger partial charge in [0, 0.05) is 44.4 Å². The molecule has 1 saturated carbocycles. The van der Waals surface area contributed by atoms with Gasteiger partial charge < -0.3 is 19.9 Å². The molecule has 3 aromatic rings. The number of hydrogen-bond donors (Lipinski definition) is 2. The van der Waals surface area contributed by atoms with E-state index in [1.807, 2.05) is 30.3 Å². The number of nitrogens with zero attached hydrogens (tertiary/aromatic N) is 4. The van der Waals surface area contributed by atoms with Crippen LogP contribution in [0.2, 0.25) is 0 Å². The van der Waals surface area contributed by atoms with E-state index in [9.17, 15) is 9.59 Å². The second kappa shape index (κ2) is 9.95. The third-order valence-electron chi connectivity index (χ3n) is 5.90. The Morgan fingerprint density at radius 2 is 2.03 bits per heavy atom. The van der Waals surface area contributed by atoms with Gasteiger partial charge in [-0.1, -0.05) is 35.5 Å². The Labute approximate surface area is 191 Å². The van der Waals surface area contributed by atoms with E-state index in [4.69, 9.17) is 9.26 Å². The summed E-state index contributed by atoms with van der Waals surface area (Å²) in [6.07, 6.45) is 2.65. The van der Waals surface area contributed by atoms with E-state index in [0.717, 1.165) is 5.56 Å². The Hall–Kier alpha value is -3.53. The average molecular weight is 453 g/mol. The highest BCUT2D eigenvalue weighted by Gasteiger charge is 2.42. The van der Waals surface area contributed by atoms with Gasteiger partial charge in [-0.2, -0.15) is 10.1 Å². The SMILES string of the molecule is COCCNC(=O)[C@H]1C[C@H](NC(=O)c2cn(C)nc2C)[C@H](c2nc(-c3ccccc3)no2)C1. The van der Waals surface area contributed by atoms with E-state index in [2.05, 4.69) is 25.9 Å². The first-order valence-electron chi connectivity index (χ1n) is 10.9. The van der Waals surface area contributed by atoms with E-state index >= 15 is 0 Å². The van der Waals surface area contributed by atoms with Gasteiger partial charge in [0.25, 0.3) is 5.91 Å². The van der Waals surface area contributed by atoms with Crippen molar-refractivity contribution in [1.29, 1.82) is 0 Å². The van der Waals surface area contributed by atoms with Gasteiger partial charge in [0.2, 0.25) is 17.6 Å². The van der Waals surface area contributed by atoms with Crippen LogP contribution in [-0.2, 0) is 16.6 Å². The molecule has 0 spiro atoms. The highest BCUT2D eigenvalue weighted by atomic mass is 16.5. The summed E-state index contributed by atoms with van der Waals surface area (Å²) in [4.78, 5) is 30.3. The quantitative estimate of drug-likeness (QED) is 0.500. The molecule has 0 unspecified atom stereocenters. The molecule has 1 aliphatic rings. The molecule has 4 rings (SSSR count). The molecule has 1 aliphatic carbocycles. The van der Waals surface area contributed by atoms with Crippen molar-refractivity contribution in [2.24, 2.45) is 13.0 Å². The van der Waals surface area contributed by atoms with Crippen LogP contribution in [0.3, 0.4) is 0 Å². The third-order valence-corrected chi connectivity index (χ3v) is 5.90. The number of ether oxygens (including phenoxy) is 1. The molecule has 10 nitrogen and oxygen atoms in total. The first kappa shape index (κ1) is 22.7. The van der Waals surface area contributed by atoms with Gasteiger partial charge in [0.1, 0.15) is 0 Å². The van der Waals surface area contributed by atoms with Gasteiger partial charge in [0.05, 0.1) is 23.8 Å². The second-order valence-corrected chi connectivity index (χ2v) is 8.26. The van der Waals surface area contributed by atoms with Crippen LogP contribution < -0.4 is 10.6 Å². The average Bonchev–Trinajstić information content (AvgIpc) is 3.53. The fourth-order valence-electron chi connectivity index (χ4n) is 4.26. The predicted octanol–water partition coefficient (Wildman–Crippen LogP) is 1.83.